The smallest absolute Gasteiger partial charge is 0.254 e. The van der Waals surface area contributed by atoms with Gasteiger partial charge in [-0.15, -0.1) is 0 Å². The molecule has 0 saturated carbocycles. The highest BCUT2D eigenvalue weighted by Gasteiger charge is 2.31. The normalized spacial score (nSPS) is 17.8. The van der Waals surface area contributed by atoms with E-state index in [1.165, 1.54) is 12.1 Å². The zero-order valence-electron chi connectivity index (χ0n) is 14.0. The molecule has 3 heterocycles. The van der Waals surface area contributed by atoms with Crippen molar-refractivity contribution >= 4 is 11.4 Å². The van der Waals surface area contributed by atoms with Crippen molar-refractivity contribution in [1.82, 2.24) is 19.3 Å². The average Bonchev–Trinajstić information content (AvgIpc) is 3.08. The molecule has 128 valence electrons. The van der Waals surface area contributed by atoms with Crippen LogP contribution in [0.4, 0.5) is 4.39 Å². The molecule has 1 atom stereocenters. The van der Waals surface area contributed by atoms with Crippen LogP contribution in [0.1, 0.15) is 47.2 Å². The second-order valence-electron chi connectivity index (χ2n) is 6.46. The van der Waals surface area contributed by atoms with Gasteiger partial charge in [-0.1, -0.05) is 6.07 Å². The van der Waals surface area contributed by atoms with Crippen molar-refractivity contribution in [2.75, 3.05) is 6.54 Å². The van der Waals surface area contributed by atoms with Gasteiger partial charge in [0, 0.05) is 17.8 Å². The third kappa shape index (κ3) is 2.88. The minimum Gasteiger partial charge on any atom is -0.328 e. The Morgan fingerprint density at radius 3 is 3.00 bits per heavy atom. The molecule has 0 spiro atoms. The van der Waals surface area contributed by atoms with Crippen molar-refractivity contribution in [2.45, 2.75) is 32.2 Å². The number of hydrogen-bond acceptors (Lipinski definition) is 3. The fourth-order valence-corrected chi connectivity index (χ4v) is 3.55. The van der Waals surface area contributed by atoms with Crippen molar-refractivity contribution in [1.29, 1.82) is 0 Å². The molecule has 0 aliphatic carbocycles. The summed E-state index contributed by atoms with van der Waals surface area (Å²) in [5.41, 5.74) is 2.24. The number of hydrogen-bond donors (Lipinski definition) is 0. The number of rotatable bonds is 2. The number of benzene rings is 1. The highest BCUT2D eigenvalue weighted by atomic mass is 19.1. The van der Waals surface area contributed by atoms with Crippen LogP contribution in [0, 0.1) is 12.7 Å². The van der Waals surface area contributed by atoms with Crippen LogP contribution in [0.3, 0.4) is 0 Å². The van der Waals surface area contributed by atoms with Gasteiger partial charge in [0.15, 0.2) is 0 Å². The van der Waals surface area contributed by atoms with Gasteiger partial charge in [0.1, 0.15) is 18.0 Å². The summed E-state index contributed by atoms with van der Waals surface area (Å²) in [6.07, 6.45) is 6.33. The van der Waals surface area contributed by atoms with Crippen molar-refractivity contribution in [3.63, 3.8) is 0 Å². The number of aromatic nitrogens is 3. The van der Waals surface area contributed by atoms with E-state index in [0.29, 0.717) is 12.1 Å². The highest BCUT2D eigenvalue weighted by Crippen LogP contribution is 2.31. The van der Waals surface area contributed by atoms with E-state index in [-0.39, 0.29) is 11.9 Å². The largest absolute Gasteiger partial charge is 0.328 e. The zero-order valence-corrected chi connectivity index (χ0v) is 14.0. The number of nitrogens with zero attached hydrogens (tertiary/aromatic N) is 4. The van der Waals surface area contributed by atoms with Crippen LogP contribution in [0.2, 0.25) is 0 Å². The van der Waals surface area contributed by atoms with Crippen molar-refractivity contribution in [3.05, 3.63) is 65.8 Å². The third-order valence-corrected chi connectivity index (χ3v) is 4.69. The van der Waals surface area contributed by atoms with Crippen molar-refractivity contribution in [2.24, 2.45) is 0 Å². The molecule has 0 radical (unpaired) electrons. The number of carbonyl (C=O) groups is 1. The molecule has 1 aliphatic heterocycles. The molecular formula is C19H19FN4O. The SMILES string of the molecule is Cc1cc2cncn2c([C@H]2CCCCN2C(=O)c2cccc(F)c2)n1. The molecule has 5 nitrogen and oxygen atoms in total. The topological polar surface area (TPSA) is 50.5 Å². The van der Waals surface area contributed by atoms with Crippen LogP contribution in [0.15, 0.2) is 42.9 Å². The van der Waals surface area contributed by atoms with E-state index >= 15 is 0 Å². The number of imidazole rings is 1. The predicted octanol–water partition coefficient (Wildman–Crippen LogP) is 3.54. The predicted molar refractivity (Wildman–Crippen MR) is 91.8 cm³/mol. The first-order chi connectivity index (χ1) is 12.1. The first kappa shape index (κ1) is 15.7. The maximum Gasteiger partial charge on any atom is 0.254 e. The number of likely N-dealkylation sites (tertiary alicyclic amines) is 1. The Bertz CT molecular complexity index is 936. The number of aryl methyl sites for hydroxylation is 1. The Balaban J connectivity index is 1.76. The lowest BCUT2D eigenvalue weighted by atomic mass is 9.99. The van der Waals surface area contributed by atoms with Gasteiger partial charge in [0.2, 0.25) is 0 Å². The molecule has 0 N–H and O–H groups in total. The number of piperidine rings is 1. The molecule has 1 aromatic carbocycles. The summed E-state index contributed by atoms with van der Waals surface area (Å²) >= 11 is 0. The summed E-state index contributed by atoms with van der Waals surface area (Å²) < 4.78 is 15.5. The molecule has 1 aliphatic rings. The minimum atomic E-state index is -0.398. The van der Waals surface area contributed by atoms with Gasteiger partial charge in [-0.25, -0.2) is 14.4 Å². The highest BCUT2D eigenvalue weighted by molar-refractivity contribution is 5.94. The molecule has 1 amide bonds. The van der Waals surface area contributed by atoms with Crippen LogP contribution >= 0.6 is 0 Å². The van der Waals surface area contributed by atoms with Crippen LogP contribution in [0.25, 0.3) is 5.52 Å². The molecule has 0 unspecified atom stereocenters. The van der Waals surface area contributed by atoms with E-state index < -0.39 is 5.82 Å². The van der Waals surface area contributed by atoms with Gasteiger partial charge in [-0.2, -0.15) is 0 Å². The van der Waals surface area contributed by atoms with Gasteiger partial charge in [-0.05, 0) is 50.5 Å². The second kappa shape index (κ2) is 6.27. The number of carbonyl (C=O) groups excluding carboxylic acids is 1. The maximum absolute atomic E-state index is 13.5. The third-order valence-electron chi connectivity index (χ3n) is 4.69. The Labute approximate surface area is 145 Å². The zero-order chi connectivity index (χ0) is 17.4. The van der Waals surface area contributed by atoms with Crippen molar-refractivity contribution in [3.8, 4) is 0 Å². The first-order valence-corrected chi connectivity index (χ1v) is 8.49. The molecule has 1 fully saturated rings. The second-order valence-corrected chi connectivity index (χ2v) is 6.46. The number of amides is 1. The molecule has 0 bridgehead atoms. The average molecular weight is 338 g/mol. The summed E-state index contributed by atoms with van der Waals surface area (Å²) in [7, 11) is 0. The summed E-state index contributed by atoms with van der Waals surface area (Å²) in [5, 5.41) is 0. The summed E-state index contributed by atoms with van der Waals surface area (Å²) in [6, 6.07) is 7.71. The van der Waals surface area contributed by atoms with Crippen LogP contribution < -0.4 is 0 Å². The molecule has 25 heavy (non-hydrogen) atoms. The first-order valence-electron chi connectivity index (χ1n) is 8.49. The fraction of sp³-hybridized carbons (Fsp3) is 0.316. The molecular weight excluding hydrogens is 319 g/mol. The van der Waals surface area contributed by atoms with E-state index in [1.807, 2.05) is 22.3 Å². The standard InChI is InChI=1S/C19H19FN4O/c1-13-9-16-11-21-12-24(16)18(22-13)17-7-2-3-8-23(17)19(25)14-5-4-6-15(20)10-14/h4-6,9-12,17H,2-3,7-8H2,1H3/t17-/m1/s1. The quantitative estimate of drug-likeness (QED) is 0.718. The van der Waals surface area contributed by atoms with E-state index in [0.717, 1.165) is 36.3 Å². The molecule has 3 aromatic rings. The van der Waals surface area contributed by atoms with E-state index in [1.54, 1.807) is 24.7 Å². The molecule has 4 rings (SSSR count). The monoisotopic (exact) mass is 338 g/mol. The summed E-state index contributed by atoms with van der Waals surface area (Å²) in [5.74, 6) is 0.266. The van der Waals surface area contributed by atoms with Crippen molar-refractivity contribution < 1.29 is 9.18 Å². The van der Waals surface area contributed by atoms with Crippen LogP contribution in [-0.2, 0) is 0 Å². The fourth-order valence-electron chi connectivity index (χ4n) is 3.55. The lowest BCUT2D eigenvalue weighted by Gasteiger charge is -2.35. The number of fused-ring (bicyclic) bond motifs is 1. The van der Waals surface area contributed by atoms with E-state index in [9.17, 15) is 9.18 Å². The van der Waals surface area contributed by atoms with Gasteiger partial charge in [0.05, 0.1) is 17.8 Å². The van der Waals surface area contributed by atoms with Crippen LogP contribution in [0.5, 0.6) is 0 Å². The van der Waals surface area contributed by atoms with Crippen LogP contribution in [-0.4, -0.2) is 31.7 Å². The molecule has 1 saturated heterocycles. The van der Waals surface area contributed by atoms with Gasteiger partial charge in [-0.3, -0.25) is 9.20 Å². The number of halogens is 1. The maximum atomic E-state index is 13.5. The minimum absolute atomic E-state index is 0.138. The Morgan fingerprint density at radius 1 is 1.28 bits per heavy atom. The summed E-state index contributed by atoms with van der Waals surface area (Å²) in [4.78, 5) is 23.7. The van der Waals surface area contributed by atoms with E-state index in [2.05, 4.69) is 4.98 Å². The molecule has 2 aromatic heterocycles. The lowest BCUT2D eigenvalue weighted by molar-refractivity contribution is 0.0597. The van der Waals surface area contributed by atoms with E-state index in [4.69, 9.17) is 4.98 Å². The van der Waals surface area contributed by atoms with Gasteiger partial charge < -0.3 is 4.90 Å². The Morgan fingerprint density at radius 2 is 2.16 bits per heavy atom. The van der Waals surface area contributed by atoms with Gasteiger partial charge in [0.25, 0.3) is 5.91 Å². The summed E-state index contributed by atoms with van der Waals surface area (Å²) in [6.45, 7) is 2.59. The lowest BCUT2D eigenvalue weighted by Crippen LogP contribution is -2.39. The Kier molecular flexibility index (Phi) is 3.95. The molecule has 6 heteroatoms. The Hall–Kier alpha value is -2.76. The van der Waals surface area contributed by atoms with Gasteiger partial charge >= 0.3 is 0 Å².